The van der Waals surface area contributed by atoms with E-state index in [0.717, 1.165) is 24.6 Å². The highest BCUT2D eigenvalue weighted by atomic mass is 35.5. The number of aryl methyl sites for hydroxylation is 2. The van der Waals surface area contributed by atoms with Crippen LogP contribution in [0.15, 0.2) is 36.4 Å². The highest BCUT2D eigenvalue weighted by Crippen LogP contribution is 2.40. The monoisotopic (exact) mass is 470 g/mol. The molecule has 0 aromatic heterocycles. The molecule has 1 aliphatic heterocycles. The van der Waals surface area contributed by atoms with E-state index in [1.165, 1.54) is 23.3 Å². The van der Waals surface area contributed by atoms with E-state index < -0.39 is 17.3 Å². The van der Waals surface area contributed by atoms with Crippen molar-refractivity contribution in [3.63, 3.8) is 0 Å². The fraction of sp³-hybridized carbons (Fsp3) is 0.435. The van der Waals surface area contributed by atoms with Gasteiger partial charge in [-0.05, 0) is 66.7 Å². The molecule has 0 bridgehead atoms. The first-order valence-corrected chi connectivity index (χ1v) is 11.1. The van der Waals surface area contributed by atoms with Crippen molar-refractivity contribution in [2.75, 3.05) is 18.4 Å². The molecule has 2 N–H and O–H groups in total. The second kappa shape index (κ2) is 9.35. The van der Waals surface area contributed by atoms with E-state index in [-0.39, 0.29) is 23.4 Å². The number of hydrogen-bond acceptors (Lipinski definition) is 2. The number of hydrogen-bond donors (Lipinski definition) is 2. The van der Waals surface area contributed by atoms with Crippen molar-refractivity contribution in [1.82, 2.24) is 4.90 Å². The van der Waals surface area contributed by atoms with Crippen LogP contribution in [0.1, 0.15) is 48.9 Å². The number of aliphatic hydroxyl groups is 1. The van der Waals surface area contributed by atoms with Crippen LogP contribution in [0.25, 0.3) is 0 Å². The molecule has 1 heterocycles. The van der Waals surface area contributed by atoms with Crippen molar-refractivity contribution in [1.29, 1.82) is 0 Å². The third-order valence-electron chi connectivity index (χ3n) is 5.92. The van der Waals surface area contributed by atoms with E-state index in [9.17, 15) is 18.3 Å². The van der Waals surface area contributed by atoms with E-state index in [0.29, 0.717) is 18.2 Å². The summed E-state index contributed by atoms with van der Waals surface area (Å²) in [7, 11) is 0. The fourth-order valence-corrected chi connectivity index (χ4v) is 4.50. The molecule has 1 saturated heterocycles. The topological polar surface area (TPSA) is 35.5 Å². The molecule has 0 spiro atoms. The van der Waals surface area contributed by atoms with Gasteiger partial charge in [-0.15, -0.1) is 0 Å². The van der Waals surface area contributed by atoms with Gasteiger partial charge < -0.3 is 15.3 Å². The van der Waals surface area contributed by atoms with Crippen molar-refractivity contribution < 1.29 is 18.3 Å². The lowest BCUT2D eigenvalue weighted by molar-refractivity contribution is -0.137. The second-order valence-electron chi connectivity index (χ2n) is 7.80. The summed E-state index contributed by atoms with van der Waals surface area (Å²) in [4.78, 5) is 1.95. The lowest BCUT2D eigenvalue weighted by Crippen LogP contribution is -2.46. The van der Waals surface area contributed by atoms with E-state index in [2.05, 4.69) is 31.3 Å². The molecular weight excluding hydrogens is 445 g/mol. The predicted molar refractivity (Wildman–Crippen MR) is 123 cm³/mol. The number of benzene rings is 2. The first-order chi connectivity index (χ1) is 14.6. The van der Waals surface area contributed by atoms with Crippen LogP contribution in [0, 0.1) is 0 Å². The molecule has 1 fully saturated rings. The molecule has 31 heavy (non-hydrogen) atoms. The van der Waals surface area contributed by atoms with Gasteiger partial charge in [-0.3, -0.25) is 0 Å². The number of thiocarbonyl (C=S) groups is 1. The summed E-state index contributed by atoms with van der Waals surface area (Å²) in [5.74, 6) is 0. The molecule has 2 aromatic carbocycles. The summed E-state index contributed by atoms with van der Waals surface area (Å²) in [6, 6.07) is 9.79. The van der Waals surface area contributed by atoms with Crippen molar-refractivity contribution in [3.05, 3.63) is 63.7 Å². The molecule has 2 aromatic rings. The average Bonchev–Trinajstić information content (AvgIpc) is 2.73. The minimum Gasteiger partial charge on any atom is -0.385 e. The van der Waals surface area contributed by atoms with Crippen LogP contribution in [-0.4, -0.2) is 28.2 Å². The Balaban J connectivity index is 1.73. The van der Waals surface area contributed by atoms with Gasteiger partial charge in [0.25, 0.3) is 0 Å². The summed E-state index contributed by atoms with van der Waals surface area (Å²) >= 11 is 11.3. The molecule has 1 aliphatic rings. The Morgan fingerprint density at radius 2 is 1.71 bits per heavy atom. The minimum absolute atomic E-state index is 0.229. The van der Waals surface area contributed by atoms with E-state index >= 15 is 0 Å². The lowest BCUT2D eigenvalue weighted by Gasteiger charge is -2.40. The van der Waals surface area contributed by atoms with Crippen molar-refractivity contribution in [2.24, 2.45) is 0 Å². The maximum absolute atomic E-state index is 13.2. The Morgan fingerprint density at radius 3 is 2.23 bits per heavy atom. The Morgan fingerprint density at radius 1 is 1.13 bits per heavy atom. The zero-order chi connectivity index (χ0) is 22.8. The molecule has 0 atom stereocenters. The predicted octanol–water partition coefficient (Wildman–Crippen LogP) is 6.16. The maximum Gasteiger partial charge on any atom is 0.417 e. The number of rotatable bonds is 4. The Kier molecular flexibility index (Phi) is 7.18. The number of nitrogens with zero attached hydrogens (tertiary/aromatic N) is 1. The Labute approximate surface area is 191 Å². The number of likely N-dealkylation sites (tertiary alicyclic amines) is 1. The normalized spacial score (nSPS) is 16.3. The van der Waals surface area contributed by atoms with Gasteiger partial charge in [0, 0.05) is 18.8 Å². The number of piperidine rings is 1. The van der Waals surface area contributed by atoms with Gasteiger partial charge in [0.2, 0.25) is 0 Å². The van der Waals surface area contributed by atoms with Crippen molar-refractivity contribution >= 4 is 34.6 Å². The molecule has 0 aliphatic carbocycles. The first kappa shape index (κ1) is 23.8. The molecule has 168 valence electrons. The van der Waals surface area contributed by atoms with Crippen LogP contribution in [-0.2, 0) is 24.6 Å². The highest BCUT2D eigenvalue weighted by molar-refractivity contribution is 7.80. The standard InChI is InChI=1S/C23H26ClF3N2OS/c1-3-15-6-5-7-16(4-2)20(15)28-21(31)29-12-10-22(30,11-13-29)17-8-9-19(24)18(14-17)23(25,26)27/h5-9,14,30H,3-4,10-13H2,1-2H3,(H,28,31). The lowest BCUT2D eigenvalue weighted by atomic mass is 9.84. The first-order valence-electron chi connectivity index (χ1n) is 10.4. The summed E-state index contributed by atoms with van der Waals surface area (Å²) in [6.45, 7) is 5.04. The third-order valence-corrected chi connectivity index (χ3v) is 6.61. The zero-order valence-electron chi connectivity index (χ0n) is 17.5. The summed E-state index contributed by atoms with van der Waals surface area (Å²) in [5, 5.41) is 14.6. The summed E-state index contributed by atoms with van der Waals surface area (Å²) < 4.78 is 39.7. The van der Waals surface area contributed by atoms with Crippen LogP contribution in [0.3, 0.4) is 0 Å². The minimum atomic E-state index is -4.57. The second-order valence-corrected chi connectivity index (χ2v) is 8.59. The quantitative estimate of drug-likeness (QED) is 0.524. The highest BCUT2D eigenvalue weighted by Gasteiger charge is 2.39. The van der Waals surface area contributed by atoms with Crippen molar-refractivity contribution in [3.8, 4) is 0 Å². The number of nitrogens with one attached hydrogen (secondary N) is 1. The molecule has 3 rings (SSSR count). The van der Waals surface area contributed by atoms with E-state index in [1.54, 1.807) is 0 Å². The molecule has 0 saturated carbocycles. The molecule has 3 nitrogen and oxygen atoms in total. The average molecular weight is 471 g/mol. The molecule has 8 heteroatoms. The molecular formula is C23H26ClF3N2OS. The largest absolute Gasteiger partial charge is 0.417 e. The van der Waals surface area contributed by atoms with E-state index in [1.807, 2.05) is 11.0 Å². The summed E-state index contributed by atoms with van der Waals surface area (Å²) in [6.07, 6.45) is -2.29. The number of anilines is 1. The van der Waals surface area contributed by atoms with Gasteiger partial charge in [-0.1, -0.05) is 49.7 Å². The van der Waals surface area contributed by atoms with Crippen molar-refractivity contribution in [2.45, 2.75) is 51.3 Å². The third kappa shape index (κ3) is 5.16. The maximum atomic E-state index is 13.2. The molecule has 0 amide bonds. The van der Waals surface area contributed by atoms with Crippen LogP contribution in [0.5, 0.6) is 0 Å². The van der Waals surface area contributed by atoms with Gasteiger partial charge in [0.15, 0.2) is 5.11 Å². The van der Waals surface area contributed by atoms with Crippen LogP contribution in [0.2, 0.25) is 5.02 Å². The fourth-order valence-electron chi connectivity index (χ4n) is 3.99. The summed E-state index contributed by atoms with van der Waals surface area (Å²) in [5.41, 5.74) is 1.32. The SMILES string of the molecule is CCc1cccc(CC)c1NC(=S)N1CCC(O)(c2ccc(Cl)c(C(F)(F)F)c2)CC1. The Bertz CT molecular complexity index is 934. The van der Waals surface area contributed by atoms with Gasteiger partial charge in [0.1, 0.15) is 0 Å². The number of alkyl halides is 3. The van der Waals surface area contributed by atoms with Gasteiger partial charge >= 0.3 is 6.18 Å². The molecule has 0 radical (unpaired) electrons. The zero-order valence-corrected chi connectivity index (χ0v) is 19.1. The smallest absolute Gasteiger partial charge is 0.385 e. The van der Waals surface area contributed by atoms with Crippen LogP contribution >= 0.6 is 23.8 Å². The van der Waals surface area contributed by atoms with Crippen LogP contribution in [0.4, 0.5) is 18.9 Å². The van der Waals surface area contributed by atoms with Gasteiger partial charge in [-0.25, -0.2) is 0 Å². The number of para-hydroxylation sites is 1. The molecule has 0 unspecified atom stereocenters. The van der Waals surface area contributed by atoms with Gasteiger partial charge in [0.05, 0.1) is 16.2 Å². The van der Waals surface area contributed by atoms with E-state index in [4.69, 9.17) is 23.8 Å². The Hall–Kier alpha value is -1.83. The number of halogens is 4. The van der Waals surface area contributed by atoms with Crippen LogP contribution < -0.4 is 5.32 Å². The van der Waals surface area contributed by atoms with Gasteiger partial charge in [-0.2, -0.15) is 13.2 Å².